The Bertz CT molecular complexity index is 905. The van der Waals surface area contributed by atoms with E-state index in [1.165, 1.54) is 0 Å². The highest BCUT2D eigenvalue weighted by Crippen LogP contribution is 2.34. The molecule has 2 aromatic carbocycles. The third kappa shape index (κ3) is 3.23. The van der Waals surface area contributed by atoms with Crippen molar-refractivity contribution in [3.8, 4) is 5.75 Å². The summed E-state index contributed by atoms with van der Waals surface area (Å²) in [7, 11) is 1.58. The van der Waals surface area contributed by atoms with Gasteiger partial charge >= 0.3 is 6.09 Å². The second-order valence-electron chi connectivity index (χ2n) is 6.12. The van der Waals surface area contributed by atoms with E-state index in [1.54, 1.807) is 18.3 Å². The minimum absolute atomic E-state index is 0.272. The number of anilines is 1. The molecule has 1 amide bonds. The third-order valence-electron chi connectivity index (χ3n) is 4.29. The molecule has 0 aliphatic carbocycles. The van der Waals surface area contributed by atoms with Crippen LogP contribution in [0.3, 0.4) is 0 Å². The lowest BCUT2D eigenvalue weighted by molar-refractivity contribution is 0.0718. The van der Waals surface area contributed by atoms with E-state index in [0.29, 0.717) is 36.8 Å². The molecule has 0 saturated carbocycles. The molecule has 6 heteroatoms. The Morgan fingerprint density at radius 2 is 2.04 bits per heavy atom. The first-order chi connectivity index (χ1) is 12.7. The van der Waals surface area contributed by atoms with E-state index in [0.717, 1.165) is 10.9 Å². The van der Waals surface area contributed by atoms with Gasteiger partial charge in [-0.15, -0.1) is 0 Å². The maximum absolute atomic E-state index is 12.1. The highest BCUT2D eigenvalue weighted by molar-refractivity contribution is 6.01. The average molecular weight is 353 g/mol. The van der Waals surface area contributed by atoms with Crippen molar-refractivity contribution in [2.45, 2.75) is 12.7 Å². The Morgan fingerprint density at radius 1 is 1.19 bits per heavy atom. The summed E-state index contributed by atoms with van der Waals surface area (Å²) >= 11 is 0. The predicted octanol–water partition coefficient (Wildman–Crippen LogP) is 3.98. The number of hydrogen-bond acceptors (Lipinski definition) is 5. The van der Waals surface area contributed by atoms with Crippen LogP contribution in [0.2, 0.25) is 0 Å². The van der Waals surface area contributed by atoms with E-state index in [-0.39, 0.29) is 12.2 Å². The van der Waals surface area contributed by atoms with Crippen LogP contribution in [0.25, 0.3) is 11.0 Å². The van der Waals surface area contributed by atoms with Crippen LogP contribution in [0.5, 0.6) is 5.75 Å². The largest absolute Gasteiger partial charge is 0.489 e. The normalized spacial score (nSPS) is 16.9. The monoisotopic (exact) mass is 353 g/mol. The molecule has 0 bridgehead atoms. The maximum atomic E-state index is 12.1. The van der Waals surface area contributed by atoms with E-state index >= 15 is 0 Å². The van der Waals surface area contributed by atoms with Crippen LogP contribution in [0.1, 0.15) is 5.56 Å². The van der Waals surface area contributed by atoms with Crippen LogP contribution in [-0.4, -0.2) is 32.5 Å². The molecule has 0 radical (unpaired) electrons. The molecule has 6 nitrogen and oxygen atoms in total. The number of fused-ring (bicyclic) bond motifs is 1. The number of ether oxygens (including phenoxy) is 3. The van der Waals surface area contributed by atoms with Gasteiger partial charge in [-0.25, -0.2) is 4.79 Å². The average Bonchev–Trinajstić information content (AvgIpc) is 3.23. The fraction of sp³-hybridized carbons (Fsp3) is 0.250. The minimum Gasteiger partial charge on any atom is -0.489 e. The fourth-order valence-electron chi connectivity index (χ4n) is 3.03. The van der Waals surface area contributed by atoms with E-state index in [4.69, 9.17) is 18.6 Å². The zero-order valence-electron chi connectivity index (χ0n) is 14.4. The number of methoxy groups -OCH3 is 1. The Balaban J connectivity index is 1.51. The van der Waals surface area contributed by atoms with Crippen molar-refractivity contribution in [3.05, 3.63) is 60.4 Å². The number of cyclic esters (lactones) is 1. The topological polar surface area (TPSA) is 61.1 Å². The quantitative estimate of drug-likeness (QED) is 0.671. The number of benzene rings is 2. The third-order valence-corrected chi connectivity index (χ3v) is 4.29. The molecule has 1 fully saturated rings. The summed E-state index contributed by atoms with van der Waals surface area (Å²) in [6, 6.07) is 15.6. The number of furan rings is 1. The predicted molar refractivity (Wildman–Crippen MR) is 96.5 cm³/mol. The first kappa shape index (κ1) is 16.5. The van der Waals surface area contributed by atoms with Crippen LogP contribution in [0.4, 0.5) is 10.5 Å². The summed E-state index contributed by atoms with van der Waals surface area (Å²) in [5.41, 5.74) is 2.45. The number of rotatable bonds is 6. The molecule has 4 rings (SSSR count). The molecule has 3 aromatic rings. The first-order valence-electron chi connectivity index (χ1n) is 8.39. The fourth-order valence-corrected chi connectivity index (χ4v) is 3.03. The SMILES string of the molecule is COC[C@@H]1CN(c2coc3cc(OCc4ccccc4)ccc23)C(=O)O1. The van der Waals surface area contributed by atoms with E-state index in [1.807, 2.05) is 48.5 Å². The lowest BCUT2D eigenvalue weighted by Crippen LogP contribution is -2.25. The molecule has 2 heterocycles. The van der Waals surface area contributed by atoms with Gasteiger partial charge in [-0.1, -0.05) is 30.3 Å². The van der Waals surface area contributed by atoms with E-state index in [9.17, 15) is 4.79 Å². The molecule has 1 saturated heterocycles. The molecule has 0 spiro atoms. The Hall–Kier alpha value is -2.99. The Kier molecular flexibility index (Phi) is 4.50. The molecule has 1 atom stereocenters. The molecule has 1 aliphatic rings. The second-order valence-corrected chi connectivity index (χ2v) is 6.12. The van der Waals surface area contributed by atoms with E-state index in [2.05, 4.69) is 0 Å². The molecular weight excluding hydrogens is 334 g/mol. The summed E-state index contributed by atoms with van der Waals surface area (Å²) in [5.74, 6) is 0.712. The first-order valence-corrected chi connectivity index (χ1v) is 8.39. The molecule has 0 unspecified atom stereocenters. The van der Waals surface area contributed by atoms with Gasteiger partial charge in [-0.05, 0) is 17.7 Å². The van der Waals surface area contributed by atoms with Crippen molar-refractivity contribution in [3.63, 3.8) is 0 Å². The van der Waals surface area contributed by atoms with Crippen LogP contribution in [-0.2, 0) is 16.1 Å². The summed E-state index contributed by atoms with van der Waals surface area (Å²) in [6.07, 6.45) is 0.910. The maximum Gasteiger partial charge on any atom is 0.414 e. The zero-order valence-corrected chi connectivity index (χ0v) is 14.4. The van der Waals surface area contributed by atoms with E-state index < -0.39 is 0 Å². The van der Waals surface area contributed by atoms with Crippen LogP contribution in [0, 0.1) is 0 Å². The van der Waals surface area contributed by atoms with Crippen molar-refractivity contribution in [1.82, 2.24) is 0 Å². The van der Waals surface area contributed by atoms with Gasteiger partial charge in [0.2, 0.25) is 0 Å². The number of nitrogens with zero attached hydrogens (tertiary/aromatic N) is 1. The minimum atomic E-state index is -0.390. The van der Waals surface area contributed by atoms with Gasteiger partial charge in [0.1, 0.15) is 30.3 Å². The van der Waals surface area contributed by atoms with Gasteiger partial charge in [0.05, 0.1) is 18.8 Å². The molecule has 0 N–H and O–H groups in total. The van der Waals surface area contributed by atoms with Crippen LogP contribution >= 0.6 is 0 Å². The standard InChI is InChI=1S/C20H19NO5/c1-23-12-16-10-21(20(22)26-16)18-13-25-19-9-15(7-8-17(18)19)24-11-14-5-3-2-4-6-14/h2-9,13,16H,10-12H2,1H3/t16-/m0/s1. The summed E-state index contributed by atoms with van der Waals surface area (Å²) in [6.45, 7) is 1.29. The van der Waals surface area contributed by atoms with Gasteiger partial charge < -0.3 is 18.6 Å². The van der Waals surface area contributed by atoms with Gasteiger partial charge in [0, 0.05) is 18.6 Å². The van der Waals surface area contributed by atoms with Crippen molar-refractivity contribution < 1.29 is 23.4 Å². The highest BCUT2D eigenvalue weighted by atomic mass is 16.6. The Labute approximate surface area is 150 Å². The number of amides is 1. The number of carbonyl (C=O) groups is 1. The van der Waals surface area contributed by atoms with Crippen molar-refractivity contribution in [1.29, 1.82) is 0 Å². The van der Waals surface area contributed by atoms with Crippen LogP contribution in [0.15, 0.2) is 59.2 Å². The highest BCUT2D eigenvalue weighted by Gasteiger charge is 2.34. The van der Waals surface area contributed by atoms with Gasteiger partial charge in [-0.3, -0.25) is 4.90 Å². The lowest BCUT2D eigenvalue weighted by atomic mass is 10.2. The second kappa shape index (κ2) is 7.09. The zero-order chi connectivity index (χ0) is 17.9. The molecule has 1 aromatic heterocycles. The lowest BCUT2D eigenvalue weighted by Gasteiger charge is -2.11. The molecule has 26 heavy (non-hydrogen) atoms. The number of hydrogen-bond donors (Lipinski definition) is 0. The summed E-state index contributed by atoms with van der Waals surface area (Å²) < 4.78 is 21.8. The molecule has 1 aliphatic heterocycles. The molecule has 134 valence electrons. The smallest absolute Gasteiger partial charge is 0.414 e. The van der Waals surface area contributed by atoms with Gasteiger partial charge in [0.15, 0.2) is 0 Å². The summed E-state index contributed by atoms with van der Waals surface area (Å²) in [5, 5.41) is 0.840. The van der Waals surface area contributed by atoms with Crippen molar-refractivity contribution in [2.24, 2.45) is 0 Å². The summed E-state index contributed by atoms with van der Waals surface area (Å²) in [4.78, 5) is 13.7. The Morgan fingerprint density at radius 3 is 2.85 bits per heavy atom. The van der Waals surface area contributed by atoms with Crippen molar-refractivity contribution >= 4 is 22.7 Å². The van der Waals surface area contributed by atoms with Crippen molar-refractivity contribution in [2.75, 3.05) is 25.2 Å². The number of carbonyl (C=O) groups excluding carboxylic acids is 1. The molecular formula is C20H19NO5. The van der Waals surface area contributed by atoms with Crippen LogP contribution < -0.4 is 9.64 Å². The van der Waals surface area contributed by atoms with Gasteiger partial charge in [-0.2, -0.15) is 0 Å². The van der Waals surface area contributed by atoms with Gasteiger partial charge in [0.25, 0.3) is 0 Å².